The summed E-state index contributed by atoms with van der Waals surface area (Å²) in [5, 5.41) is 0. The van der Waals surface area contributed by atoms with Crippen molar-refractivity contribution < 1.29 is 13.2 Å². The highest BCUT2D eigenvalue weighted by Crippen LogP contribution is 2.40. The molecule has 4 heteroatoms. The number of hydrogen-bond acceptors (Lipinski definition) is 1. The van der Waals surface area contributed by atoms with Crippen LogP contribution in [0.15, 0.2) is 66.7 Å². The summed E-state index contributed by atoms with van der Waals surface area (Å²) in [5.74, 6) is -0.472. The molecule has 3 aromatic rings. The van der Waals surface area contributed by atoms with Gasteiger partial charge in [-0.3, -0.25) is 4.39 Å². The number of rotatable bonds is 7. The first-order valence-corrected chi connectivity index (χ1v) is 12.3. The molecule has 0 bridgehead atoms. The normalized spacial score (nSPS) is 16.8. The molecule has 34 heavy (non-hydrogen) atoms. The molecule has 1 heterocycles. The Morgan fingerprint density at radius 1 is 0.824 bits per heavy atom. The van der Waals surface area contributed by atoms with Crippen LogP contribution in [0.3, 0.4) is 0 Å². The fourth-order valence-corrected chi connectivity index (χ4v) is 5.48. The van der Waals surface area contributed by atoms with E-state index in [1.807, 2.05) is 6.07 Å². The second-order valence-corrected chi connectivity index (χ2v) is 9.59. The van der Waals surface area contributed by atoms with Gasteiger partial charge in [-0.15, -0.1) is 0 Å². The highest BCUT2D eigenvalue weighted by molar-refractivity contribution is 5.99. The average Bonchev–Trinajstić information content (AvgIpc) is 3.00. The molecule has 176 valence electrons. The molecule has 0 spiro atoms. The lowest BCUT2D eigenvalue weighted by Gasteiger charge is -2.39. The van der Waals surface area contributed by atoms with Crippen LogP contribution in [-0.2, 0) is 12.8 Å². The average molecular weight is 462 g/mol. The van der Waals surface area contributed by atoms with Crippen molar-refractivity contribution in [3.63, 3.8) is 0 Å². The maximum atomic E-state index is 14.1. The Balaban J connectivity index is 1.47. The molecule has 1 fully saturated rings. The molecule has 2 aliphatic rings. The van der Waals surface area contributed by atoms with Crippen molar-refractivity contribution in [1.82, 2.24) is 4.90 Å². The largest absolute Gasteiger partial charge is 0.303 e. The van der Waals surface area contributed by atoms with E-state index >= 15 is 0 Å². The third-order valence-electron chi connectivity index (χ3n) is 7.08. The predicted octanol–water partition coefficient (Wildman–Crippen LogP) is 7.09. The number of fused-ring (bicyclic) bond motifs is 1. The molecule has 0 atom stereocenters. The van der Waals surface area contributed by atoms with Crippen LogP contribution in [0.5, 0.6) is 0 Å². The quantitative estimate of drug-likeness (QED) is 0.363. The molecule has 0 amide bonds. The number of nitrogens with zero attached hydrogens (tertiary/aromatic N) is 1. The third-order valence-corrected chi connectivity index (χ3v) is 7.08. The van der Waals surface area contributed by atoms with E-state index in [0.29, 0.717) is 17.9 Å². The number of likely N-dealkylation sites (tertiary alicyclic amines) is 1. The third kappa shape index (κ3) is 4.97. The van der Waals surface area contributed by atoms with E-state index < -0.39 is 11.6 Å². The zero-order valence-electron chi connectivity index (χ0n) is 19.4. The maximum absolute atomic E-state index is 14.1. The smallest absolute Gasteiger partial charge is 0.126 e. The minimum atomic E-state index is -0.546. The predicted molar refractivity (Wildman–Crippen MR) is 132 cm³/mol. The number of benzene rings is 3. The van der Waals surface area contributed by atoms with Gasteiger partial charge in [0.05, 0.1) is 6.67 Å². The molecule has 0 radical (unpaired) electrons. The molecule has 1 aliphatic heterocycles. The van der Waals surface area contributed by atoms with Gasteiger partial charge in [-0.25, -0.2) is 8.78 Å². The fraction of sp³-hybridized carbons (Fsp3) is 0.333. The Hall–Kier alpha value is -2.85. The van der Waals surface area contributed by atoms with Crippen LogP contribution in [0.1, 0.15) is 47.1 Å². The molecule has 0 N–H and O–H groups in total. The monoisotopic (exact) mass is 461 g/mol. The zero-order valence-corrected chi connectivity index (χ0v) is 19.4. The Morgan fingerprint density at radius 3 is 2.29 bits per heavy atom. The number of halogens is 3. The molecule has 0 unspecified atom stereocenters. The molecular formula is C30H30F3N. The van der Waals surface area contributed by atoms with Crippen molar-refractivity contribution in [1.29, 1.82) is 0 Å². The summed E-state index contributed by atoms with van der Waals surface area (Å²) in [6.45, 7) is 2.68. The van der Waals surface area contributed by atoms with E-state index in [2.05, 4.69) is 47.4 Å². The first kappa shape index (κ1) is 22.9. The lowest BCUT2D eigenvalue weighted by molar-refractivity contribution is 0.0968. The SMILES string of the molecule is FCCCN1CC(Cc2ccc(C3=C(c4cc(F)cc(F)c4)CCCc4ccccc43)cc2)C1. The van der Waals surface area contributed by atoms with Gasteiger partial charge >= 0.3 is 0 Å². The molecule has 3 aromatic carbocycles. The van der Waals surface area contributed by atoms with Gasteiger partial charge in [0.15, 0.2) is 0 Å². The van der Waals surface area contributed by atoms with Gasteiger partial charge < -0.3 is 4.90 Å². The van der Waals surface area contributed by atoms with Crippen LogP contribution in [0.25, 0.3) is 11.1 Å². The van der Waals surface area contributed by atoms with E-state index in [1.165, 1.54) is 23.3 Å². The van der Waals surface area contributed by atoms with E-state index in [0.717, 1.165) is 73.7 Å². The summed E-state index contributed by atoms with van der Waals surface area (Å²) in [6, 6.07) is 20.9. The first-order chi connectivity index (χ1) is 16.6. The van der Waals surface area contributed by atoms with Gasteiger partial charge in [0.1, 0.15) is 11.6 Å². The van der Waals surface area contributed by atoms with Gasteiger partial charge in [-0.2, -0.15) is 0 Å². The van der Waals surface area contributed by atoms with Crippen molar-refractivity contribution in [2.24, 2.45) is 5.92 Å². The van der Waals surface area contributed by atoms with Crippen LogP contribution in [0.2, 0.25) is 0 Å². The van der Waals surface area contributed by atoms with Crippen molar-refractivity contribution in [3.8, 4) is 0 Å². The molecule has 5 rings (SSSR count). The Labute approximate surface area is 199 Å². The van der Waals surface area contributed by atoms with Crippen LogP contribution >= 0.6 is 0 Å². The number of aryl methyl sites for hydroxylation is 1. The van der Waals surface area contributed by atoms with E-state index in [9.17, 15) is 13.2 Å². The van der Waals surface area contributed by atoms with Gasteiger partial charge in [0.25, 0.3) is 0 Å². The van der Waals surface area contributed by atoms with Gasteiger partial charge in [0, 0.05) is 25.7 Å². The molecule has 0 saturated carbocycles. The molecule has 1 aliphatic carbocycles. The minimum Gasteiger partial charge on any atom is -0.303 e. The molecule has 1 nitrogen and oxygen atoms in total. The Morgan fingerprint density at radius 2 is 1.56 bits per heavy atom. The van der Waals surface area contributed by atoms with E-state index in [1.54, 1.807) is 0 Å². The zero-order chi connectivity index (χ0) is 23.5. The van der Waals surface area contributed by atoms with Crippen molar-refractivity contribution in [2.75, 3.05) is 26.3 Å². The van der Waals surface area contributed by atoms with E-state index in [4.69, 9.17) is 0 Å². The molecule has 1 saturated heterocycles. The highest BCUT2D eigenvalue weighted by atomic mass is 19.1. The first-order valence-electron chi connectivity index (χ1n) is 12.3. The Kier molecular flexibility index (Phi) is 6.87. The summed E-state index contributed by atoms with van der Waals surface area (Å²) in [7, 11) is 0. The second kappa shape index (κ2) is 10.2. The topological polar surface area (TPSA) is 3.24 Å². The Bertz CT molecular complexity index is 1160. The minimum absolute atomic E-state index is 0.244. The van der Waals surface area contributed by atoms with Crippen LogP contribution in [-0.4, -0.2) is 31.2 Å². The summed E-state index contributed by atoms with van der Waals surface area (Å²) in [5.41, 5.74) is 7.49. The summed E-state index contributed by atoms with van der Waals surface area (Å²) >= 11 is 0. The maximum Gasteiger partial charge on any atom is 0.126 e. The van der Waals surface area contributed by atoms with Gasteiger partial charge in [-0.05, 0) is 89.1 Å². The number of allylic oxidation sites excluding steroid dienone is 1. The van der Waals surface area contributed by atoms with E-state index in [-0.39, 0.29) is 6.67 Å². The van der Waals surface area contributed by atoms with Gasteiger partial charge in [-0.1, -0.05) is 48.5 Å². The summed E-state index contributed by atoms with van der Waals surface area (Å²) < 4.78 is 40.6. The standard InChI is InChI=1S/C30H30F3N/c31-13-4-14-34-19-22(20-34)15-21-9-11-24(12-10-21)30-28-7-2-1-5-23(28)6-3-8-29(30)25-16-26(32)18-27(33)17-25/h1-2,5,7,9-12,16-18,22H,3-4,6,8,13-15,19-20H2. The lowest BCUT2D eigenvalue weighted by atomic mass is 9.86. The summed E-state index contributed by atoms with van der Waals surface area (Å²) in [4.78, 5) is 2.32. The lowest BCUT2D eigenvalue weighted by Crippen LogP contribution is -2.47. The highest BCUT2D eigenvalue weighted by Gasteiger charge is 2.26. The second-order valence-electron chi connectivity index (χ2n) is 9.59. The van der Waals surface area contributed by atoms with Crippen LogP contribution < -0.4 is 0 Å². The molecular weight excluding hydrogens is 431 g/mol. The van der Waals surface area contributed by atoms with Crippen molar-refractivity contribution in [3.05, 3.63) is 106 Å². The summed E-state index contributed by atoms with van der Waals surface area (Å²) in [6.07, 6.45) is 4.29. The number of hydrogen-bond donors (Lipinski definition) is 0. The van der Waals surface area contributed by atoms with Crippen molar-refractivity contribution in [2.45, 2.75) is 32.1 Å². The van der Waals surface area contributed by atoms with Gasteiger partial charge in [0.2, 0.25) is 0 Å². The van der Waals surface area contributed by atoms with Crippen LogP contribution in [0, 0.1) is 17.6 Å². The fourth-order valence-electron chi connectivity index (χ4n) is 5.48. The number of alkyl halides is 1. The molecule has 0 aromatic heterocycles. The van der Waals surface area contributed by atoms with Crippen LogP contribution in [0.4, 0.5) is 13.2 Å². The van der Waals surface area contributed by atoms with Crippen molar-refractivity contribution >= 4 is 11.1 Å².